The Kier molecular flexibility index (Phi) is 6.21. The zero-order valence-electron chi connectivity index (χ0n) is 16.1. The van der Waals surface area contributed by atoms with Crippen molar-refractivity contribution in [1.82, 2.24) is 10.2 Å². The van der Waals surface area contributed by atoms with E-state index in [1.165, 1.54) is 7.05 Å². The lowest BCUT2D eigenvalue weighted by molar-refractivity contribution is -0.147. The number of nitrogens with one attached hydrogen (secondary N) is 2. The van der Waals surface area contributed by atoms with Crippen molar-refractivity contribution < 1.29 is 28.7 Å². The molecule has 0 fully saturated rings. The van der Waals surface area contributed by atoms with Gasteiger partial charge in [0.05, 0.1) is 17.5 Å². The maximum absolute atomic E-state index is 12.2. The predicted octanol–water partition coefficient (Wildman–Crippen LogP) is 1.21. The predicted molar refractivity (Wildman–Crippen MR) is 106 cm³/mol. The highest BCUT2D eigenvalue weighted by molar-refractivity contribution is 6.21. The minimum atomic E-state index is -0.711. The molecule has 1 heterocycles. The molecule has 4 amide bonds. The lowest BCUT2D eigenvalue weighted by Gasteiger charge is -2.13. The zero-order chi connectivity index (χ0) is 21.7. The molecule has 9 heteroatoms. The van der Waals surface area contributed by atoms with Crippen molar-refractivity contribution in [3.8, 4) is 0 Å². The molecule has 0 radical (unpaired) electrons. The number of benzene rings is 2. The number of nitrogens with zero attached hydrogens (tertiary/aromatic N) is 1. The zero-order valence-corrected chi connectivity index (χ0v) is 16.1. The molecule has 9 nitrogen and oxygen atoms in total. The van der Waals surface area contributed by atoms with Crippen LogP contribution in [0.4, 0.5) is 5.69 Å². The Morgan fingerprint density at radius 1 is 0.933 bits per heavy atom. The summed E-state index contributed by atoms with van der Waals surface area (Å²) >= 11 is 0. The van der Waals surface area contributed by atoms with Crippen molar-refractivity contribution in [2.75, 3.05) is 25.5 Å². The maximum atomic E-state index is 12.2. The van der Waals surface area contributed by atoms with Crippen molar-refractivity contribution >= 4 is 35.3 Å². The summed E-state index contributed by atoms with van der Waals surface area (Å²) in [7, 11) is 1.51. The fourth-order valence-electron chi connectivity index (χ4n) is 2.91. The number of esters is 1. The molecule has 30 heavy (non-hydrogen) atoms. The Balaban J connectivity index is 1.44. The van der Waals surface area contributed by atoms with Gasteiger partial charge in [0.15, 0.2) is 6.61 Å². The summed E-state index contributed by atoms with van der Waals surface area (Å²) in [5, 5.41) is 5.03. The molecular weight excluding hydrogens is 390 g/mol. The fraction of sp³-hybridized carbons (Fsp3) is 0.190. The molecule has 0 unspecified atom stereocenters. The Labute approximate surface area is 172 Å². The van der Waals surface area contributed by atoms with E-state index in [0.29, 0.717) is 22.4 Å². The van der Waals surface area contributed by atoms with Crippen LogP contribution in [0.5, 0.6) is 0 Å². The fourth-order valence-corrected chi connectivity index (χ4v) is 2.91. The van der Waals surface area contributed by atoms with Gasteiger partial charge >= 0.3 is 5.97 Å². The van der Waals surface area contributed by atoms with Crippen molar-refractivity contribution in [3.05, 3.63) is 65.2 Å². The normalized spacial score (nSPS) is 12.4. The first-order valence-electron chi connectivity index (χ1n) is 9.13. The summed E-state index contributed by atoms with van der Waals surface area (Å²) in [5.74, 6) is -2.43. The van der Waals surface area contributed by atoms with E-state index in [4.69, 9.17) is 4.74 Å². The molecule has 0 spiro atoms. The van der Waals surface area contributed by atoms with Crippen molar-refractivity contribution in [1.29, 1.82) is 0 Å². The molecule has 2 aromatic rings. The molecule has 2 N–H and O–H groups in total. The summed E-state index contributed by atoms with van der Waals surface area (Å²) in [5.41, 5.74) is 1.49. The topological polar surface area (TPSA) is 122 Å². The Bertz CT molecular complexity index is 981. The highest BCUT2D eigenvalue weighted by Crippen LogP contribution is 2.22. The van der Waals surface area contributed by atoms with Gasteiger partial charge in [-0.25, -0.2) is 0 Å². The first-order chi connectivity index (χ1) is 14.4. The first kappa shape index (κ1) is 20.7. The number of fused-ring (bicyclic) bond motifs is 1. The lowest BCUT2D eigenvalue weighted by atomic mass is 10.1. The molecule has 2 aromatic carbocycles. The van der Waals surface area contributed by atoms with Crippen LogP contribution >= 0.6 is 0 Å². The Morgan fingerprint density at radius 2 is 1.53 bits per heavy atom. The van der Waals surface area contributed by atoms with Crippen LogP contribution in [0.1, 0.15) is 37.5 Å². The number of rotatable bonds is 7. The van der Waals surface area contributed by atoms with Gasteiger partial charge in [0.25, 0.3) is 23.6 Å². The second-order valence-corrected chi connectivity index (χ2v) is 6.42. The monoisotopic (exact) mass is 409 g/mol. The van der Waals surface area contributed by atoms with Gasteiger partial charge in [0.1, 0.15) is 0 Å². The highest BCUT2D eigenvalue weighted by Gasteiger charge is 2.35. The summed E-state index contributed by atoms with van der Waals surface area (Å²) in [6, 6.07) is 12.6. The van der Waals surface area contributed by atoms with Crippen LogP contribution in [0.3, 0.4) is 0 Å². The molecule has 1 aliphatic rings. The van der Waals surface area contributed by atoms with Crippen LogP contribution in [0.25, 0.3) is 0 Å². The van der Waals surface area contributed by atoms with Gasteiger partial charge in [-0.05, 0) is 36.4 Å². The van der Waals surface area contributed by atoms with Crippen LogP contribution in [0.15, 0.2) is 48.5 Å². The number of ether oxygens (including phenoxy) is 1. The molecule has 0 bridgehead atoms. The third-order valence-corrected chi connectivity index (χ3v) is 4.44. The minimum Gasteiger partial charge on any atom is -0.456 e. The van der Waals surface area contributed by atoms with Gasteiger partial charge in [0.2, 0.25) is 0 Å². The first-order valence-corrected chi connectivity index (χ1v) is 9.13. The molecule has 3 rings (SSSR count). The van der Waals surface area contributed by atoms with Crippen LogP contribution < -0.4 is 10.6 Å². The maximum Gasteiger partial charge on any atom is 0.308 e. The molecule has 0 atom stereocenters. The van der Waals surface area contributed by atoms with E-state index in [9.17, 15) is 24.0 Å². The van der Waals surface area contributed by atoms with E-state index in [0.717, 1.165) is 4.90 Å². The number of amides is 4. The van der Waals surface area contributed by atoms with E-state index >= 15 is 0 Å². The van der Waals surface area contributed by atoms with Crippen LogP contribution in [0, 0.1) is 0 Å². The molecule has 0 saturated carbocycles. The molecule has 154 valence electrons. The number of anilines is 1. The Hall–Kier alpha value is -4.01. The number of carbonyl (C=O) groups excluding carboxylic acids is 5. The molecule has 0 saturated heterocycles. The SMILES string of the molecule is CNC(=O)c1ccc(NC(=O)COC(=O)CCN2C(=O)c3ccccc3C2=O)cc1. The van der Waals surface area contributed by atoms with E-state index < -0.39 is 30.3 Å². The van der Waals surface area contributed by atoms with Crippen LogP contribution in [-0.4, -0.2) is 54.7 Å². The molecule has 0 aromatic heterocycles. The molecule has 1 aliphatic heterocycles. The summed E-state index contributed by atoms with van der Waals surface area (Å²) < 4.78 is 4.90. The Morgan fingerprint density at radius 3 is 2.10 bits per heavy atom. The second-order valence-electron chi connectivity index (χ2n) is 6.42. The summed E-state index contributed by atoms with van der Waals surface area (Å²) in [4.78, 5) is 60.8. The van der Waals surface area contributed by atoms with Crippen molar-refractivity contribution in [3.63, 3.8) is 0 Å². The van der Waals surface area contributed by atoms with Gasteiger partial charge in [-0.3, -0.25) is 28.9 Å². The largest absolute Gasteiger partial charge is 0.456 e. The van der Waals surface area contributed by atoms with Crippen LogP contribution in [-0.2, 0) is 14.3 Å². The number of carbonyl (C=O) groups is 5. The number of hydrogen-bond acceptors (Lipinski definition) is 6. The quantitative estimate of drug-likeness (QED) is 0.524. The van der Waals surface area contributed by atoms with Gasteiger partial charge in [-0.15, -0.1) is 0 Å². The third kappa shape index (κ3) is 4.52. The summed E-state index contributed by atoms with van der Waals surface area (Å²) in [6.07, 6.45) is -0.223. The average molecular weight is 409 g/mol. The summed E-state index contributed by atoms with van der Waals surface area (Å²) in [6.45, 7) is -0.647. The van der Waals surface area contributed by atoms with E-state index in [2.05, 4.69) is 10.6 Å². The van der Waals surface area contributed by atoms with Crippen molar-refractivity contribution in [2.24, 2.45) is 0 Å². The second kappa shape index (κ2) is 8.99. The smallest absolute Gasteiger partial charge is 0.308 e. The number of hydrogen-bond donors (Lipinski definition) is 2. The van der Waals surface area contributed by atoms with E-state index in [1.54, 1.807) is 48.5 Å². The lowest BCUT2D eigenvalue weighted by Crippen LogP contribution is -2.32. The average Bonchev–Trinajstić information content (AvgIpc) is 3.01. The highest BCUT2D eigenvalue weighted by atomic mass is 16.5. The molecule has 0 aliphatic carbocycles. The van der Waals surface area contributed by atoms with E-state index in [1.807, 2.05) is 0 Å². The van der Waals surface area contributed by atoms with E-state index in [-0.39, 0.29) is 18.9 Å². The third-order valence-electron chi connectivity index (χ3n) is 4.44. The van der Waals surface area contributed by atoms with Gasteiger partial charge < -0.3 is 15.4 Å². The molecular formula is C21H19N3O6. The standard InChI is InChI=1S/C21H19N3O6/c1-22-19(27)13-6-8-14(9-7-13)23-17(25)12-30-18(26)10-11-24-20(28)15-4-2-3-5-16(15)21(24)29/h2-9H,10-12H2,1H3,(H,22,27)(H,23,25). The van der Waals surface area contributed by atoms with Gasteiger partial charge in [-0.1, -0.05) is 12.1 Å². The van der Waals surface area contributed by atoms with Crippen LogP contribution in [0.2, 0.25) is 0 Å². The minimum absolute atomic E-state index is 0.131. The van der Waals surface area contributed by atoms with Gasteiger partial charge in [-0.2, -0.15) is 0 Å². The number of imide groups is 1. The van der Waals surface area contributed by atoms with Gasteiger partial charge in [0, 0.05) is 24.8 Å². The van der Waals surface area contributed by atoms with Crippen molar-refractivity contribution in [2.45, 2.75) is 6.42 Å².